The number of furan rings is 2. The molecular weight excluding hydrogens is 488 g/mol. The summed E-state index contributed by atoms with van der Waals surface area (Å²) in [6.07, 6.45) is 0. The van der Waals surface area contributed by atoms with Gasteiger partial charge in [-0.05, 0) is 52.1 Å². The second kappa shape index (κ2) is 9.00. The fourth-order valence-electron chi connectivity index (χ4n) is 6.01. The molecule has 0 saturated carbocycles. The Kier molecular flexibility index (Phi) is 5.14. The van der Waals surface area contributed by atoms with Crippen molar-refractivity contribution in [2.24, 2.45) is 0 Å². The maximum absolute atomic E-state index is 6.28. The molecule has 1 atom stereocenters. The van der Waals surface area contributed by atoms with E-state index in [0.29, 0.717) is 0 Å². The summed E-state index contributed by atoms with van der Waals surface area (Å²) < 4.78 is 12.4. The Bertz CT molecular complexity index is 2180. The zero-order valence-electron chi connectivity index (χ0n) is 22.1. The Hall–Kier alpha value is -5.08. The first-order chi connectivity index (χ1) is 19.7. The van der Waals surface area contributed by atoms with Gasteiger partial charge in [0.15, 0.2) is 0 Å². The molecule has 0 N–H and O–H groups in total. The predicted octanol–water partition coefficient (Wildman–Crippen LogP) is 11.0. The van der Waals surface area contributed by atoms with Gasteiger partial charge in [0.1, 0.15) is 22.3 Å². The Balaban J connectivity index is 1.11. The van der Waals surface area contributed by atoms with Crippen LogP contribution in [0.2, 0.25) is 0 Å². The highest BCUT2D eigenvalue weighted by molar-refractivity contribution is 6.09. The molecule has 2 nitrogen and oxygen atoms in total. The van der Waals surface area contributed by atoms with Crippen LogP contribution in [0.4, 0.5) is 0 Å². The summed E-state index contributed by atoms with van der Waals surface area (Å²) in [5, 5.41) is 4.63. The molecule has 0 amide bonds. The molecule has 2 heterocycles. The number of benzene rings is 6. The second-order valence-electron chi connectivity index (χ2n) is 10.6. The molecule has 0 radical (unpaired) electrons. The van der Waals surface area contributed by atoms with Crippen molar-refractivity contribution in [1.29, 1.82) is 0 Å². The van der Waals surface area contributed by atoms with Crippen LogP contribution in [0, 0.1) is 0 Å². The smallest absolute Gasteiger partial charge is 0.143 e. The summed E-state index contributed by atoms with van der Waals surface area (Å²) in [6, 6.07) is 47.2. The standard InChI is InChI=1S/C38H26O2/c1-24(25-16-18-26(19-17-25)30-12-7-13-34-32-11-3-5-15-36(32)40-38(30)34)27-8-6-9-28(22-27)29-20-21-33-31-10-2-4-14-35(31)39-37(33)23-29/h2-24H,1H3. The minimum absolute atomic E-state index is 0.255. The molecule has 0 bridgehead atoms. The maximum Gasteiger partial charge on any atom is 0.143 e. The van der Waals surface area contributed by atoms with Crippen molar-refractivity contribution in [3.05, 3.63) is 145 Å². The van der Waals surface area contributed by atoms with Gasteiger partial charge in [-0.25, -0.2) is 0 Å². The van der Waals surface area contributed by atoms with E-state index in [1.807, 2.05) is 24.3 Å². The van der Waals surface area contributed by atoms with Gasteiger partial charge in [0.05, 0.1) is 0 Å². The van der Waals surface area contributed by atoms with Gasteiger partial charge in [-0.2, -0.15) is 0 Å². The van der Waals surface area contributed by atoms with E-state index in [-0.39, 0.29) is 5.92 Å². The fraction of sp³-hybridized carbons (Fsp3) is 0.0526. The first-order valence-corrected chi connectivity index (χ1v) is 13.8. The zero-order chi connectivity index (χ0) is 26.6. The van der Waals surface area contributed by atoms with Crippen LogP contribution in [0.15, 0.2) is 142 Å². The normalized spacial score (nSPS) is 12.5. The highest BCUT2D eigenvalue weighted by atomic mass is 16.3. The van der Waals surface area contributed by atoms with Crippen molar-refractivity contribution in [1.82, 2.24) is 0 Å². The van der Waals surface area contributed by atoms with E-state index < -0.39 is 0 Å². The van der Waals surface area contributed by atoms with Crippen LogP contribution in [0.25, 0.3) is 66.1 Å². The summed E-state index contributed by atoms with van der Waals surface area (Å²) >= 11 is 0. The molecule has 8 rings (SSSR count). The largest absolute Gasteiger partial charge is 0.456 e. The average molecular weight is 515 g/mol. The Labute approximate surface area is 232 Å². The van der Waals surface area contributed by atoms with Crippen LogP contribution in [0.1, 0.15) is 24.0 Å². The van der Waals surface area contributed by atoms with Crippen molar-refractivity contribution >= 4 is 43.9 Å². The molecule has 0 saturated heterocycles. The van der Waals surface area contributed by atoms with E-state index >= 15 is 0 Å². The molecule has 190 valence electrons. The Morgan fingerprint density at radius 1 is 0.425 bits per heavy atom. The average Bonchev–Trinajstić information content (AvgIpc) is 3.59. The third-order valence-electron chi connectivity index (χ3n) is 8.22. The molecule has 6 aromatic carbocycles. The summed E-state index contributed by atoms with van der Waals surface area (Å²) in [4.78, 5) is 0. The van der Waals surface area contributed by atoms with E-state index in [1.165, 1.54) is 16.7 Å². The zero-order valence-corrected chi connectivity index (χ0v) is 22.1. The SMILES string of the molecule is CC(c1ccc(-c2cccc3c2oc2ccccc23)cc1)c1cccc(-c2ccc3c(c2)oc2ccccc23)c1. The highest BCUT2D eigenvalue weighted by Crippen LogP contribution is 2.37. The van der Waals surface area contributed by atoms with E-state index in [9.17, 15) is 0 Å². The molecule has 40 heavy (non-hydrogen) atoms. The number of para-hydroxylation sites is 3. The monoisotopic (exact) mass is 514 g/mol. The van der Waals surface area contributed by atoms with Crippen LogP contribution in [0.5, 0.6) is 0 Å². The van der Waals surface area contributed by atoms with E-state index in [2.05, 4.69) is 116 Å². The van der Waals surface area contributed by atoms with Crippen molar-refractivity contribution in [3.8, 4) is 22.3 Å². The van der Waals surface area contributed by atoms with Crippen LogP contribution in [-0.2, 0) is 0 Å². The van der Waals surface area contributed by atoms with Gasteiger partial charge in [-0.1, -0.05) is 116 Å². The first kappa shape index (κ1) is 22.9. The van der Waals surface area contributed by atoms with Gasteiger partial charge in [0, 0.05) is 33.0 Å². The van der Waals surface area contributed by atoms with Crippen molar-refractivity contribution < 1.29 is 8.83 Å². The number of fused-ring (bicyclic) bond motifs is 6. The van der Waals surface area contributed by atoms with Crippen molar-refractivity contribution in [2.75, 3.05) is 0 Å². The summed E-state index contributed by atoms with van der Waals surface area (Å²) in [6.45, 7) is 2.27. The lowest BCUT2D eigenvalue weighted by molar-refractivity contribution is 0.669. The molecule has 0 aliphatic heterocycles. The lowest BCUT2D eigenvalue weighted by Gasteiger charge is -2.15. The number of hydrogen-bond acceptors (Lipinski definition) is 2. The van der Waals surface area contributed by atoms with E-state index in [0.717, 1.165) is 60.6 Å². The molecule has 0 fully saturated rings. The molecule has 0 spiro atoms. The van der Waals surface area contributed by atoms with Gasteiger partial charge < -0.3 is 8.83 Å². The summed E-state index contributed by atoms with van der Waals surface area (Å²) in [7, 11) is 0. The maximum atomic E-state index is 6.28. The molecule has 0 aliphatic carbocycles. The van der Waals surface area contributed by atoms with Crippen LogP contribution in [0.3, 0.4) is 0 Å². The highest BCUT2D eigenvalue weighted by Gasteiger charge is 2.14. The molecule has 8 aromatic rings. The number of rotatable bonds is 4. The van der Waals surface area contributed by atoms with Crippen LogP contribution >= 0.6 is 0 Å². The minimum atomic E-state index is 0.255. The fourth-order valence-corrected chi connectivity index (χ4v) is 6.01. The van der Waals surface area contributed by atoms with Gasteiger partial charge in [0.2, 0.25) is 0 Å². The third-order valence-corrected chi connectivity index (χ3v) is 8.22. The summed E-state index contributed by atoms with van der Waals surface area (Å²) in [5.41, 5.74) is 10.9. The van der Waals surface area contributed by atoms with Gasteiger partial charge >= 0.3 is 0 Å². The lowest BCUT2D eigenvalue weighted by Crippen LogP contribution is -1.96. The minimum Gasteiger partial charge on any atom is -0.456 e. The van der Waals surface area contributed by atoms with Gasteiger partial charge in [-0.3, -0.25) is 0 Å². The van der Waals surface area contributed by atoms with Gasteiger partial charge in [0.25, 0.3) is 0 Å². The molecule has 0 aliphatic rings. The molecular formula is C38H26O2. The van der Waals surface area contributed by atoms with E-state index in [1.54, 1.807) is 0 Å². The third kappa shape index (κ3) is 3.65. The molecule has 2 aromatic heterocycles. The predicted molar refractivity (Wildman–Crippen MR) is 166 cm³/mol. The second-order valence-corrected chi connectivity index (χ2v) is 10.6. The quantitative estimate of drug-likeness (QED) is 0.233. The molecule has 1 unspecified atom stereocenters. The molecule has 2 heteroatoms. The Morgan fingerprint density at radius 2 is 1.05 bits per heavy atom. The Morgan fingerprint density at radius 3 is 1.88 bits per heavy atom. The lowest BCUT2D eigenvalue weighted by atomic mass is 9.89. The summed E-state index contributed by atoms with van der Waals surface area (Å²) in [5.74, 6) is 0.255. The van der Waals surface area contributed by atoms with Gasteiger partial charge in [-0.15, -0.1) is 0 Å². The van der Waals surface area contributed by atoms with Crippen molar-refractivity contribution in [3.63, 3.8) is 0 Å². The van der Waals surface area contributed by atoms with Crippen LogP contribution in [-0.4, -0.2) is 0 Å². The topological polar surface area (TPSA) is 26.3 Å². The van der Waals surface area contributed by atoms with Crippen LogP contribution < -0.4 is 0 Å². The number of hydrogen-bond donors (Lipinski definition) is 0. The van der Waals surface area contributed by atoms with E-state index in [4.69, 9.17) is 8.83 Å². The van der Waals surface area contributed by atoms with Crippen molar-refractivity contribution in [2.45, 2.75) is 12.8 Å². The first-order valence-electron chi connectivity index (χ1n) is 13.8.